The average Bonchev–Trinajstić information content (AvgIpc) is 2.40. The van der Waals surface area contributed by atoms with E-state index in [0.29, 0.717) is 5.57 Å². The van der Waals surface area contributed by atoms with Gasteiger partial charge in [0.1, 0.15) is 0 Å². The first-order valence-corrected chi connectivity index (χ1v) is 6.04. The van der Waals surface area contributed by atoms with E-state index in [1.54, 1.807) is 6.92 Å². The van der Waals surface area contributed by atoms with Gasteiger partial charge in [-0.25, -0.2) is 0 Å². The van der Waals surface area contributed by atoms with Crippen LogP contribution in [-0.2, 0) is 4.79 Å². The van der Waals surface area contributed by atoms with Crippen LogP contribution in [0.5, 0.6) is 0 Å². The van der Waals surface area contributed by atoms with Crippen LogP contribution in [0.25, 0.3) is 0 Å². The van der Waals surface area contributed by atoms with Gasteiger partial charge >= 0.3 is 0 Å². The molecule has 0 unspecified atom stereocenters. The largest absolute Gasteiger partial charge is 0.355 e. The Morgan fingerprint density at radius 3 is 2.26 bits per heavy atom. The van der Waals surface area contributed by atoms with Crippen LogP contribution in [0.2, 0.25) is 0 Å². The van der Waals surface area contributed by atoms with E-state index in [9.17, 15) is 4.79 Å². The third-order valence-corrected chi connectivity index (χ3v) is 2.57. The standard InChI is InChI=1S/C16H16N2O/c1-12(2)16(19)18-15-10-6-9-14(11-15)17-13-7-4-3-5-8-13/h3-11,17H,1H2,2H3,(H,18,19). The van der Waals surface area contributed by atoms with Gasteiger partial charge in [0.2, 0.25) is 0 Å². The number of amides is 1. The van der Waals surface area contributed by atoms with E-state index in [1.807, 2.05) is 54.6 Å². The summed E-state index contributed by atoms with van der Waals surface area (Å²) < 4.78 is 0. The number of benzene rings is 2. The lowest BCUT2D eigenvalue weighted by molar-refractivity contribution is -0.112. The maximum atomic E-state index is 11.6. The Labute approximate surface area is 113 Å². The van der Waals surface area contributed by atoms with Crippen molar-refractivity contribution in [1.82, 2.24) is 0 Å². The molecular weight excluding hydrogens is 236 g/mol. The highest BCUT2D eigenvalue weighted by molar-refractivity contribution is 6.03. The molecule has 0 atom stereocenters. The van der Waals surface area contributed by atoms with Gasteiger partial charge in [0, 0.05) is 22.6 Å². The van der Waals surface area contributed by atoms with Crippen molar-refractivity contribution < 1.29 is 4.79 Å². The van der Waals surface area contributed by atoms with Gasteiger partial charge in [-0.2, -0.15) is 0 Å². The second-order valence-corrected chi connectivity index (χ2v) is 4.31. The molecule has 0 aromatic heterocycles. The van der Waals surface area contributed by atoms with E-state index in [2.05, 4.69) is 17.2 Å². The molecule has 3 nitrogen and oxygen atoms in total. The van der Waals surface area contributed by atoms with E-state index in [0.717, 1.165) is 17.1 Å². The topological polar surface area (TPSA) is 41.1 Å². The van der Waals surface area contributed by atoms with Gasteiger partial charge in [0.25, 0.3) is 5.91 Å². The van der Waals surface area contributed by atoms with E-state index < -0.39 is 0 Å². The monoisotopic (exact) mass is 252 g/mol. The molecule has 2 rings (SSSR count). The quantitative estimate of drug-likeness (QED) is 0.809. The average molecular weight is 252 g/mol. The van der Waals surface area contributed by atoms with Crippen LogP contribution in [0.3, 0.4) is 0 Å². The molecule has 0 heterocycles. The second kappa shape index (κ2) is 5.87. The van der Waals surface area contributed by atoms with Crippen molar-refractivity contribution in [2.24, 2.45) is 0 Å². The Hall–Kier alpha value is -2.55. The van der Waals surface area contributed by atoms with E-state index in [-0.39, 0.29) is 5.91 Å². The summed E-state index contributed by atoms with van der Waals surface area (Å²) in [6.45, 7) is 5.30. The Morgan fingerprint density at radius 2 is 1.58 bits per heavy atom. The fraction of sp³-hybridized carbons (Fsp3) is 0.0625. The molecule has 0 saturated carbocycles. The summed E-state index contributed by atoms with van der Waals surface area (Å²) in [5.41, 5.74) is 3.16. The minimum absolute atomic E-state index is 0.170. The van der Waals surface area contributed by atoms with E-state index in [1.165, 1.54) is 0 Å². The molecule has 2 aromatic carbocycles. The van der Waals surface area contributed by atoms with Crippen LogP contribution in [0, 0.1) is 0 Å². The number of anilines is 3. The number of rotatable bonds is 4. The third kappa shape index (κ3) is 3.71. The summed E-state index contributed by atoms with van der Waals surface area (Å²) in [5, 5.41) is 6.06. The van der Waals surface area contributed by atoms with Crippen molar-refractivity contribution in [1.29, 1.82) is 0 Å². The van der Waals surface area contributed by atoms with Crippen LogP contribution in [0.1, 0.15) is 6.92 Å². The first-order chi connectivity index (χ1) is 9.15. The summed E-state index contributed by atoms with van der Waals surface area (Å²) in [4.78, 5) is 11.6. The molecule has 2 N–H and O–H groups in total. The minimum atomic E-state index is -0.170. The number of nitrogens with one attached hydrogen (secondary N) is 2. The van der Waals surface area contributed by atoms with Crippen LogP contribution in [-0.4, -0.2) is 5.91 Å². The van der Waals surface area contributed by atoms with Crippen LogP contribution < -0.4 is 10.6 Å². The first-order valence-electron chi connectivity index (χ1n) is 6.04. The number of carbonyl (C=O) groups excluding carboxylic acids is 1. The minimum Gasteiger partial charge on any atom is -0.355 e. The van der Waals surface area contributed by atoms with E-state index >= 15 is 0 Å². The van der Waals surface area contributed by atoms with Crippen molar-refractivity contribution >= 4 is 23.0 Å². The molecule has 0 aliphatic rings. The van der Waals surface area contributed by atoms with Gasteiger partial charge in [-0.3, -0.25) is 4.79 Å². The smallest absolute Gasteiger partial charge is 0.250 e. The van der Waals surface area contributed by atoms with Gasteiger partial charge in [-0.15, -0.1) is 0 Å². The molecule has 0 radical (unpaired) electrons. The zero-order valence-corrected chi connectivity index (χ0v) is 10.8. The normalized spacial score (nSPS) is 9.74. The van der Waals surface area contributed by atoms with Crippen LogP contribution >= 0.6 is 0 Å². The molecule has 2 aromatic rings. The number of hydrogen-bond donors (Lipinski definition) is 2. The molecule has 0 aliphatic carbocycles. The highest BCUT2D eigenvalue weighted by Gasteiger charge is 2.03. The third-order valence-electron chi connectivity index (χ3n) is 2.57. The SMILES string of the molecule is C=C(C)C(=O)Nc1cccc(Nc2ccccc2)c1. The number of para-hydroxylation sites is 1. The van der Waals surface area contributed by atoms with Gasteiger partial charge in [0.05, 0.1) is 0 Å². The number of hydrogen-bond acceptors (Lipinski definition) is 2. The Kier molecular flexibility index (Phi) is 3.98. The van der Waals surface area contributed by atoms with Crippen LogP contribution in [0.15, 0.2) is 66.7 Å². The Morgan fingerprint density at radius 1 is 0.947 bits per heavy atom. The van der Waals surface area contributed by atoms with Crippen molar-refractivity contribution in [3.05, 3.63) is 66.7 Å². The fourth-order valence-corrected chi connectivity index (χ4v) is 1.60. The van der Waals surface area contributed by atoms with Gasteiger partial charge in [0.15, 0.2) is 0 Å². The highest BCUT2D eigenvalue weighted by Crippen LogP contribution is 2.20. The molecule has 0 spiro atoms. The zero-order chi connectivity index (χ0) is 13.7. The Bertz CT molecular complexity index is 591. The molecule has 19 heavy (non-hydrogen) atoms. The van der Waals surface area contributed by atoms with Crippen molar-refractivity contribution in [3.63, 3.8) is 0 Å². The molecule has 3 heteroatoms. The molecule has 0 bridgehead atoms. The lowest BCUT2D eigenvalue weighted by Crippen LogP contribution is -2.11. The van der Waals surface area contributed by atoms with Gasteiger partial charge < -0.3 is 10.6 Å². The Balaban J connectivity index is 2.11. The summed E-state index contributed by atoms with van der Waals surface area (Å²) in [6, 6.07) is 17.4. The maximum absolute atomic E-state index is 11.6. The van der Waals surface area contributed by atoms with Gasteiger partial charge in [-0.1, -0.05) is 30.8 Å². The molecule has 0 saturated heterocycles. The predicted octanol–water partition coefficient (Wildman–Crippen LogP) is 3.94. The summed E-state index contributed by atoms with van der Waals surface area (Å²) >= 11 is 0. The first kappa shape index (κ1) is 12.9. The fourth-order valence-electron chi connectivity index (χ4n) is 1.60. The predicted molar refractivity (Wildman–Crippen MR) is 79.6 cm³/mol. The molecular formula is C16H16N2O. The van der Waals surface area contributed by atoms with E-state index in [4.69, 9.17) is 0 Å². The van der Waals surface area contributed by atoms with Crippen molar-refractivity contribution in [2.45, 2.75) is 6.92 Å². The molecule has 96 valence electrons. The van der Waals surface area contributed by atoms with Crippen molar-refractivity contribution in [2.75, 3.05) is 10.6 Å². The lowest BCUT2D eigenvalue weighted by Gasteiger charge is -2.09. The summed E-state index contributed by atoms with van der Waals surface area (Å²) in [5.74, 6) is -0.170. The maximum Gasteiger partial charge on any atom is 0.250 e. The second-order valence-electron chi connectivity index (χ2n) is 4.31. The van der Waals surface area contributed by atoms with Crippen LogP contribution in [0.4, 0.5) is 17.1 Å². The highest BCUT2D eigenvalue weighted by atomic mass is 16.1. The summed E-state index contributed by atoms with van der Waals surface area (Å²) in [7, 11) is 0. The summed E-state index contributed by atoms with van der Waals surface area (Å²) in [6.07, 6.45) is 0. The molecule has 0 fully saturated rings. The zero-order valence-electron chi connectivity index (χ0n) is 10.8. The lowest BCUT2D eigenvalue weighted by atomic mass is 10.2. The number of carbonyl (C=O) groups is 1. The van der Waals surface area contributed by atoms with Gasteiger partial charge in [-0.05, 0) is 37.3 Å². The molecule has 0 aliphatic heterocycles. The molecule has 1 amide bonds. The van der Waals surface area contributed by atoms with Crippen molar-refractivity contribution in [3.8, 4) is 0 Å².